The molecular weight excluding hydrogens is 399 g/mol. The quantitative estimate of drug-likeness (QED) is 0.570. The molecule has 0 unspecified atom stereocenters. The van der Waals surface area contributed by atoms with Gasteiger partial charge in [-0.25, -0.2) is 0 Å². The number of ketones is 1. The Kier molecular flexibility index (Phi) is 4.83. The second-order valence-corrected chi connectivity index (χ2v) is 7.12. The van der Waals surface area contributed by atoms with E-state index >= 15 is 0 Å². The Balaban J connectivity index is 1.70. The van der Waals surface area contributed by atoms with E-state index in [0.29, 0.717) is 29.7 Å². The first kappa shape index (κ1) is 20.1. The third kappa shape index (κ3) is 3.44. The van der Waals surface area contributed by atoms with Crippen LogP contribution >= 0.6 is 0 Å². The number of halogens is 3. The van der Waals surface area contributed by atoms with E-state index in [2.05, 4.69) is 15.1 Å². The van der Waals surface area contributed by atoms with Gasteiger partial charge in [-0.15, -0.1) is 0 Å². The molecule has 0 aliphatic carbocycles. The summed E-state index contributed by atoms with van der Waals surface area (Å²) in [6, 6.07) is 7.45. The zero-order valence-corrected chi connectivity index (χ0v) is 16.3. The molecule has 0 fully saturated rings. The molecule has 156 valence electrons. The topological polar surface area (TPSA) is 78.1 Å². The van der Waals surface area contributed by atoms with Crippen molar-refractivity contribution in [2.45, 2.75) is 44.9 Å². The van der Waals surface area contributed by atoms with Crippen LogP contribution in [0.15, 0.2) is 41.1 Å². The normalized spacial score (nSPS) is 15.6. The van der Waals surface area contributed by atoms with E-state index in [4.69, 9.17) is 9.26 Å². The maximum absolute atomic E-state index is 13.2. The highest BCUT2D eigenvalue weighted by Gasteiger charge is 2.38. The third-order valence-corrected chi connectivity index (χ3v) is 5.37. The molecule has 9 heteroatoms. The summed E-state index contributed by atoms with van der Waals surface area (Å²) in [5, 5.41) is 3.68. The predicted octanol–water partition coefficient (Wildman–Crippen LogP) is 5.34. The number of hydrogen-bond donors (Lipinski definition) is 0. The maximum Gasteiger partial charge on any atom is 0.434 e. The molecule has 30 heavy (non-hydrogen) atoms. The summed E-state index contributed by atoms with van der Waals surface area (Å²) >= 11 is 0. The Hall–Kier alpha value is -3.23. The molecule has 0 bridgehead atoms. The molecule has 4 rings (SSSR count). The zero-order valence-electron chi connectivity index (χ0n) is 16.3. The monoisotopic (exact) mass is 417 g/mol. The molecule has 2 aromatic heterocycles. The number of ether oxygens (including phenoxy) is 1. The number of benzene rings is 1. The van der Waals surface area contributed by atoms with Crippen molar-refractivity contribution in [2.24, 2.45) is 0 Å². The number of rotatable bonds is 4. The number of hydrogen-bond acceptors (Lipinski definition) is 6. The summed E-state index contributed by atoms with van der Waals surface area (Å²) in [6.07, 6.45) is -1.94. The van der Waals surface area contributed by atoms with Gasteiger partial charge in [-0.1, -0.05) is 19.0 Å². The minimum absolute atomic E-state index is 0.000368. The molecule has 0 saturated heterocycles. The fourth-order valence-corrected chi connectivity index (χ4v) is 3.53. The van der Waals surface area contributed by atoms with Crippen LogP contribution in [-0.4, -0.2) is 26.5 Å². The van der Waals surface area contributed by atoms with Gasteiger partial charge in [0.25, 0.3) is 5.89 Å². The highest BCUT2D eigenvalue weighted by molar-refractivity contribution is 6.01. The smallest absolute Gasteiger partial charge is 0.434 e. The Bertz CT molecular complexity index is 1100. The first-order valence-electron chi connectivity index (χ1n) is 9.49. The van der Waals surface area contributed by atoms with Gasteiger partial charge in [0.15, 0.2) is 11.5 Å². The van der Waals surface area contributed by atoms with E-state index in [1.807, 2.05) is 13.8 Å². The standard InChI is InChI=1S/C21H18F3N3O3/c1-3-20(4-2)11-15(28)14-10-12(7-8-16(14)29-20)19-26-18(27-30-19)13-6-5-9-25-17(13)21(22,23)24/h5-10H,3-4,11H2,1-2H3. The summed E-state index contributed by atoms with van der Waals surface area (Å²) < 4.78 is 50.9. The lowest BCUT2D eigenvalue weighted by molar-refractivity contribution is -0.140. The van der Waals surface area contributed by atoms with Crippen molar-refractivity contribution >= 4 is 5.78 Å². The van der Waals surface area contributed by atoms with Crippen molar-refractivity contribution in [3.05, 3.63) is 47.8 Å². The number of carbonyl (C=O) groups excluding carboxylic acids is 1. The van der Waals surface area contributed by atoms with Gasteiger partial charge in [0.1, 0.15) is 11.4 Å². The van der Waals surface area contributed by atoms with Gasteiger partial charge in [-0.05, 0) is 43.2 Å². The third-order valence-electron chi connectivity index (χ3n) is 5.37. The van der Waals surface area contributed by atoms with Crippen molar-refractivity contribution in [3.63, 3.8) is 0 Å². The molecule has 0 radical (unpaired) electrons. The van der Waals surface area contributed by atoms with Crippen LogP contribution in [0.1, 0.15) is 49.2 Å². The molecule has 0 N–H and O–H groups in total. The van der Waals surface area contributed by atoms with Gasteiger partial charge >= 0.3 is 6.18 Å². The van der Waals surface area contributed by atoms with Gasteiger partial charge in [-0.2, -0.15) is 18.2 Å². The number of nitrogens with zero attached hydrogens (tertiary/aromatic N) is 3. The fraction of sp³-hybridized carbons (Fsp3) is 0.333. The first-order valence-corrected chi connectivity index (χ1v) is 9.49. The summed E-state index contributed by atoms with van der Waals surface area (Å²) in [7, 11) is 0. The van der Waals surface area contributed by atoms with Crippen LogP contribution in [0.2, 0.25) is 0 Å². The van der Waals surface area contributed by atoms with Crippen LogP contribution in [-0.2, 0) is 6.18 Å². The van der Waals surface area contributed by atoms with E-state index in [1.54, 1.807) is 18.2 Å². The van der Waals surface area contributed by atoms with Gasteiger partial charge in [-0.3, -0.25) is 9.78 Å². The summed E-state index contributed by atoms with van der Waals surface area (Å²) in [6.45, 7) is 3.95. The minimum Gasteiger partial charge on any atom is -0.486 e. The largest absolute Gasteiger partial charge is 0.486 e. The number of fused-ring (bicyclic) bond motifs is 1. The lowest BCUT2D eigenvalue weighted by atomic mass is 9.85. The van der Waals surface area contributed by atoms with Crippen molar-refractivity contribution in [1.29, 1.82) is 0 Å². The number of aromatic nitrogens is 3. The molecule has 0 atom stereocenters. The SMILES string of the molecule is CCC1(CC)CC(=O)c2cc(-c3nc(-c4cccnc4C(F)(F)F)no3)ccc2O1. The van der Waals surface area contributed by atoms with E-state index < -0.39 is 17.5 Å². The van der Waals surface area contributed by atoms with Gasteiger partial charge in [0.2, 0.25) is 5.82 Å². The Labute approximate surface area is 170 Å². The van der Waals surface area contributed by atoms with Crippen LogP contribution in [0.25, 0.3) is 22.8 Å². The molecule has 3 heterocycles. The Morgan fingerprint density at radius 1 is 1.13 bits per heavy atom. The van der Waals surface area contributed by atoms with Crippen LogP contribution in [0, 0.1) is 0 Å². The summed E-state index contributed by atoms with van der Waals surface area (Å²) in [5.74, 6) is 0.181. The second kappa shape index (κ2) is 7.23. The van der Waals surface area contributed by atoms with E-state index in [1.165, 1.54) is 12.1 Å². The first-order chi connectivity index (χ1) is 14.3. The molecule has 0 spiro atoms. The summed E-state index contributed by atoms with van der Waals surface area (Å²) in [4.78, 5) is 20.2. The predicted molar refractivity (Wildman–Crippen MR) is 101 cm³/mol. The van der Waals surface area contributed by atoms with Crippen LogP contribution < -0.4 is 4.74 Å². The molecule has 1 aliphatic heterocycles. The maximum atomic E-state index is 13.2. The van der Waals surface area contributed by atoms with Crippen molar-refractivity contribution in [2.75, 3.05) is 0 Å². The fourth-order valence-electron chi connectivity index (χ4n) is 3.53. The molecule has 1 aliphatic rings. The number of carbonyl (C=O) groups is 1. The van der Waals surface area contributed by atoms with Crippen LogP contribution in [0.4, 0.5) is 13.2 Å². The molecule has 0 amide bonds. The number of alkyl halides is 3. The van der Waals surface area contributed by atoms with E-state index in [9.17, 15) is 18.0 Å². The molecule has 1 aromatic carbocycles. The molecular formula is C21H18F3N3O3. The lowest BCUT2D eigenvalue weighted by Crippen LogP contribution is -2.40. The van der Waals surface area contributed by atoms with E-state index in [0.717, 1.165) is 6.20 Å². The van der Waals surface area contributed by atoms with E-state index in [-0.39, 0.29) is 29.5 Å². The van der Waals surface area contributed by atoms with Gasteiger partial charge < -0.3 is 9.26 Å². The van der Waals surface area contributed by atoms with Crippen molar-refractivity contribution < 1.29 is 27.2 Å². The molecule has 3 aromatic rings. The highest BCUT2D eigenvalue weighted by atomic mass is 19.4. The van der Waals surface area contributed by atoms with Crippen LogP contribution in [0.3, 0.4) is 0 Å². The highest BCUT2D eigenvalue weighted by Crippen LogP contribution is 2.39. The molecule has 0 saturated carbocycles. The van der Waals surface area contributed by atoms with Gasteiger partial charge in [0, 0.05) is 11.8 Å². The Morgan fingerprint density at radius 2 is 1.90 bits per heavy atom. The Morgan fingerprint density at radius 3 is 2.60 bits per heavy atom. The molecule has 6 nitrogen and oxygen atoms in total. The van der Waals surface area contributed by atoms with Crippen molar-refractivity contribution in [1.82, 2.24) is 15.1 Å². The van der Waals surface area contributed by atoms with Gasteiger partial charge in [0.05, 0.1) is 17.5 Å². The van der Waals surface area contributed by atoms with Crippen molar-refractivity contribution in [3.8, 4) is 28.6 Å². The minimum atomic E-state index is -4.65. The zero-order chi connectivity index (χ0) is 21.5. The summed E-state index contributed by atoms with van der Waals surface area (Å²) in [5.41, 5.74) is -1.09. The number of Topliss-reactive ketones (excluding diaryl/α,β-unsaturated/α-hetero) is 1. The average Bonchev–Trinajstić information content (AvgIpc) is 3.23. The lowest BCUT2D eigenvalue weighted by Gasteiger charge is -2.36. The number of pyridine rings is 1. The average molecular weight is 417 g/mol. The van der Waals surface area contributed by atoms with Crippen LogP contribution in [0.5, 0.6) is 5.75 Å². The second-order valence-electron chi connectivity index (χ2n) is 7.12.